The zero-order chi connectivity index (χ0) is 13.3. The zero-order valence-corrected chi connectivity index (χ0v) is 12.1. The molecule has 2 aromatic rings. The lowest BCUT2D eigenvalue weighted by molar-refractivity contribution is 0.855. The average Bonchev–Trinajstić information content (AvgIpc) is 2.47. The van der Waals surface area contributed by atoms with Crippen LogP contribution in [0.15, 0.2) is 77.7 Å². The highest BCUT2D eigenvalue weighted by Gasteiger charge is 2.07. The molecule has 0 radical (unpaired) electrons. The standard InChI is InChI=1S/C18H20S/c1-2-9-17(19-18-12-7-4-8-13-18)15-14-16-10-5-3-6-11-16/h2-13,17H,14-15H2,1H3/b9-2+. The predicted molar refractivity (Wildman–Crippen MR) is 85.7 cm³/mol. The summed E-state index contributed by atoms with van der Waals surface area (Å²) in [6.07, 6.45) is 6.77. The van der Waals surface area contributed by atoms with Crippen molar-refractivity contribution in [1.29, 1.82) is 0 Å². The molecule has 0 heterocycles. The Bertz CT molecular complexity index is 488. The van der Waals surface area contributed by atoms with Crippen LogP contribution >= 0.6 is 11.8 Å². The summed E-state index contributed by atoms with van der Waals surface area (Å²) in [5.74, 6) is 0. The SMILES string of the molecule is C/C=C/C(CCc1ccccc1)Sc1ccccc1. The Balaban J connectivity index is 1.93. The first-order chi connectivity index (χ1) is 9.38. The molecule has 0 aromatic heterocycles. The van der Waals surface area contributed by atoms with Gasteiger partial charge in [-0.3, -0.25) is 0 Å². The third kappa shape index (κ3) is 4.96. The van der Waals surface area contributed by atoms with Gasteiger partial charge in [-0.25, -0.2) is 0 Å². The van der Waals surface area contributed by atoms with Crippen molar-refractivity contribution >= 4 is 11.8 Å². The van der Waals surface area contributed by atoms with Crippen LogP contribution < -0.4 is 0 Å². The van der Waals surface area contributed by atoms with Crippen molar-refractivity contribution in [1.82, 2.24) is 0 Å². The summed E-state index contributed by atoms with van der Waals surface area (Å²) >= 11 is 1.95. The molecule has 0 spiro atoms. The lowest BCUT2D eigenvalue weighted by Gasteiger charge is -2.12. The second kappa shape index (κ2) is 7.85. The largest absolute Gasteiger partial charge is 0.119 e. The first kappa shape index (κ1) is 14.0. The molecule has 0 N–H and O–H groups in total. The Morgan fingerprint density at radius 1 is 0.947 bits per heavy atom. The highest BCUT2D eigenvalue weighted by Crippen LogP contribution is 2.27. The van der Waals surface area contributed by atoms with Crippen LogP contribution in [0.25, 0.3) is 0 Å². The fourth-order valence-corrected chi connectivity index (χ4v) is 3.17. The van der Waals surface area contributed by atoms with Gasteiger partial charge in [-0.1, -0.05) is 60.7 Å². The van der Waals surface area contributed by atoms with Gasteiger partial charge in [0.05, 0.1) is 0 Å². The molecule has 1 atom stereocenters. The number of allylic oxidation sites excluding steroid dienone is 1. The number of rotatable bonds is 6. The van der Waals surface area contributed by atoms with E-state index in [1.165, 1.54) is 16.9 Å². The third-order valence-corrected chi connectivity index (χ3v) is 4.24. The van der Waals surface area contributed by atoms with Gasteiger partial charge in [0.25, 0.3) is 0 Å². The quantitative estimate of drug-likeness (QED) is 0.502. The van der Waals surface area contributed by atoms with Crippen molar-refractivity contribution in [2.75, 3.05) is 0 Å². The van der Waals surface area contributed by atoms with Crippen LogP contribution in [0, 0.1) is 0 Å². The van der Waals surface area contributed by atoms with Crippen molar-refractivity contribution in [3.8, 4) is 0 Å². The molecule has 0 saturated heterocycles. The molecule has 0 fully saturated rings. The molecule has 0 nitrogen and oxygen atoms in total. The van der Waals surface area contributed by atoms with E-state index in [0.717, 1.165) is 6.42 Å². The minimum atomic E-state index is 0.549. The van der Waals surface area contributed by atoms with Gasteiger partial charge in [-0.2, -0.15) is 0 Å². The van der Waals surface area contributed by atoms with E-state index in [1.807, 2.05) is 11.8 Å². The van der Waals surface area contributed by atoms with E-state index in [4.69, 9.17) is 0 Å². The van der Waals surface area contributed by atoms with Crippen molar-refractivity contribution in [3.05, 3.63) is 78.4 Å². The van der Waals surface area contributed by atoms with Gasteiger partial charge in [-0.15, -0.1) is 11.8 Å². The fraction of sp³-hybridized carbons (Fsp3) is 0.222. The fourth-order valence-electron chi connectivity index (χ4n) is 2.04. The van der Waals surface area contributed by atoms with Gasteiger partial charge < -0.3 is 0 Å². The molecule has 0 aliphatic heterocycles. The second-order valence-corrected chi connectivity index (χ2v) is 5.83. The van der Waals surface area contributed by atoms with Gasteiger partial charge in [0, 0.05) is 10.1 Å². The number of hydrogen-bond acceptors (Lipinski definition) is 1. The number of benzene rings is 2. The number of hydrogen-bond donors (Lipinski definition) is 0. The lowest BCUT2D eigenvalue weighted by Crippen LogP contribution is -2.00. The Morgan fingerprint density at radius 2 is 1.58 bits per heavy atom. The summed E-state index contributed by atoms with van der Waals surface area (Å²) in [7, 11) is 0. The molecule has 1 unspecified atom stereocenters. The van der Waals surface area contributed by atoms with Crippen LogP contribution in [-0.2, 0) is 6.42 Å². The summed E-state index contributed by atoms with van der Waals surface area (Å²) in [5, 5.41) is 0.549. The Morgan fingerprint density at radius 3 is 2.21 bits per heavy atom. The Hall–Kier alpha value is -1.47. The van der Waals surface area contributed by atoms with Crippen LogP contribution in [0.2, 0.25) is 0 Å². The molecular formula is C18H20S. The highest BCUT2D eigenvalue weighted by atomic mass is 32.2. The molecule has 2 aromatic carbocycles. The van der Waals surface area contributed by atoms with Crippen LogP contribution in [0.1, 0.15) is 18.9 Å². The monoisotopic (exact) mass is 268 g/mol. The highest BCUT2D eigenvalue weighted by molar-refractivity contribution is 8.00. The molecule has 0 bridgehead atoms. The van der Waals surface area contributed by atoms with Gasteiger partial charge in [0.2, 0.25) is 0 Å². The van der Waals surface area contributed by atoms with Crippen LogP contribution in [-0.4, -0.2) is 5.25 Å². The summed E-state index contributed by atoms with van der Waals surface area (Å²) in [5.41, 5.74) is 1.42. The van der Waals surface area contributed by atoms with Crippen LogP contribution in [0.5, 0.6) is 0 Å². The smallest absolute Gasteiger partial charge is 0.0277 e. The van der Waals surface area contributed by atoms with Crippen molar-refractivity contribution < 1.29 is 0 Å². The summed E-state index contributed by atoms with van der Waals surface area (Å²) < 4.78 is 0. The predicted octanol–water partition coefficient (Wildman–Crippen LogP) is 5.36. The van der Waals surface area contributed by atoms with Crippen molar-refractivity contribution in [2.24, 2.45) is 0 Å². The number of thioether (sulfide) groups is 1. The second-order valence-electron chi connectivity index (χ2n) is 4.52. The van der Waals surface area contributed by atoms with Crippen molar-refractivity contribution in [3.63, 3.8) is 0 Å². The van der Waals surface area contributed by atoms with Gasteiger partial charge in [-0.05, 0) is 37.5 Å². The van der Waals surface area contributed by atoms with E-state index in [2.05, 4.69) is 79.7 Å². The molecule has 0 amide bonds. The first-order valence-corrected chi connectivity index (χ1v) is 7.65. The lowest BCUT2D eigenvalue weighted by atomic mass is 10.1. The van der Waals surface area contributed by atoms with Gasteiger partial charge >= 0.3 is 0 Å². The minimum absolute atomic E-state index is 0.549. The normalized spacial score (nSPS) is 12.7. The minimum Gasteiger partial charge on any atom is -0.119 e. The molecule has 2 rings (SSSR count). The summed E-state index contributed by atoms with van der Waals surface area (Å²) in [6, 6.07) is 21.4. The third-order valence-electron chi connectivity index (χ3n) is 3.00. The van der Waals surface area contributed by atoms with E-state index in [1.54, 1.807) is 0 Å². The topological polar surface area (TPSA) is 0 Å². The Labute approximate surface area is 120 Å². The van der Waals surface area contributed by atoms with E-state index in [0.29, 0.717) is 5.25 Å². The van der Waals surface area contributed by atoms with E-state index in [9.17, 15) is 0 Å². The zero-order valence-electron chi connectivity index (χ0n) is 11.3. The Kier molecular flexibility index (Phi) is 5.77. The first-order valence-electron chi connectivity index (χ1n) is 6.77. The van der Waals surface area contributed by atoms with Gasteiger partial charge in [0.15, 0.2) is 0 Å². The summed E-state index contributed by atoms with van der Waals surface area (Å²) in [6.45, 7) is 2.10. The van der Waals surface area contributed by atoms with Crippen LogP contribution in [0.3, 0.4) is 0 Å². The average molecular weight is 268 g/mol. The van der Waals surface area contributed by atoms with E-state index >= 15 is 0 Å². The maximum Gasteiger partial charge on any atom is 0.0277 e. The van der Waals surface area contributed by atoms with E-state index < -0.39 is 0 Å². The maximum absolute atomic E-state index is 2.31. The van der Waals surface area contributed by atoms with Crippen LogP contribution in [0.4, 0.5) is 0 Å². The molecule has 0 aliphatic rings. The molecule has 98 valence electrons. The van der Waals surface area contributed by atoms with E-state index in [-0.39, 0.29) is 0 Å². The molecule has 19 heavy (non-hydrogen) atoms. The maximum atomic E-state index is 2.31. The number of aryl methyl sites for hydroxylation is 1. The van der Waals surface area contributed by atoms with Gasteiger partial charge in [0.1, 0.15) is 0 Å². The van der Waals surface area contributed by atoms with Crippen molar-refractivity contribution in [2.45, 2.75) is 29.9 Å². The molecule has 0 saturated carbocycles. The molecular weight excluding hydrogens is 248 g/mol. The molecule has 0 aliphatic carbocycles. The molecule has 1 heteroatoms. The summed E-state index contributed by atoms with van der Waals surface area (Å²) in [4.78, 5) is 1.35.